The van der Waals surface area contributed by atoms with Crippen molar-refractivity contribution in [1.82, 2.24) is 9.97 Å². The van der Waals surface area contributed by atoms with Gasteiger partial charge in [-0.3, -0.25) is 4.98 Å². The van der Waals surface area contributed by atoms with Crippen LogP contribution < -0.4 is 10.1 Å². The van der Waals surface area contributed by atoms with E-state index < -0.39 is 0 Å². The second-order valence-corrected chi connectivity index (χ2v) is 6.45. The average molecular weight is 381 g/mol. The van der Waals surface area contributed by atoms with Crippen LogP contribution in [-0.4, -0.2) is 21.7 Å². The van der Waals surface area contributed by atoms with Gasteiger partial charge < -0.3 is 15.2 Å². The Balaban J connectivity index is 1.87. The molecule has 3 rings (SSSR count). The number of aromatic nitrogens is 2. The lowest BCUT2D eigenvalue weighted by Gasteiger charge is -2.19. The maximum Gasteiger partial charge on any atom is 0.161 e. The molecule has 0 aliphatic rings. The number of aromatic hydroxyl groups is 1. The van der Waals surface area contributed by atoms with Crippen LogP contribution in [0.4, 0.5) is 10.2 Å². The third-order valence-corrected chi connectivity index (χ3v) is 4.34. The van der Waals surface area contributed by atoms with Crippen LogP contribution in [0.1, 0.15) is 38.3 Å². The minimum atomic E-state index is -0.257. The monoisotopic (exact) mass is 381 g/mol. The van der Waals surface area contributed by atoms with Crippen molar-refractivity contribution in [3.63, 3.8) is 0 Å². The molecule has 0 saturated carbocycles. The number of phenolic OH excluding ortho intramolecular Hbond substituents is 1. The Morgan fingerprint density at radius 1 is 1.14 bits per heavy atom. The number of nitrogens with one attached hydrogen (secondary N) is 1. The molecule has 146 valence electrons. The fourth-order valence-electron chi connectivity index (χ4n) is 3.03. The van der Waals surface area contributed by atoms with E-state index in [-0.39, 0.29) is 17.6 Å². The molecule has 6 heteroatoms. The predicted octanol–water partition coefficient (Wildman–Crippen LogP) is 5.34. The second kappa shape index (κ2) is 9.17. The standard InChI is InChI=1S/C22H24FN3O2/c1-3-6-18(15-7-5-8-17(23)11-15)25-22-14-24-13-19(26-22)16-9-10-20(27)21(12-16)28-4-2/h5,7-14,18,27H,3-4,6H2,1-2H3,(H,25,26). The van der Waals surface area contributed by atoms with Crippen molar-refractivity contribution in [3.05, 3.63) is 66.2 Å². The first-order valence-electron chi connectivity index (χ1n) is 9.41. The van der Waals surface area contributed by atoms with Gasteiger partial charge in [-0.1, -0.05) is 25.5 Å². The van der Waals surface area contributed by atoms with E-state index in [0.29, 0.717) is 23.9 Å². The zero-order valence-electron chi connectivity index (χ0n) is 16.0. The summed E-state index contributed by atoms with van der Waals surface area (Å²) in [6, 6.07) is 11.6. The van der Waals surface area contributed by atoms with Gasteiger partial charge in [-0.15, -0.1) is 0 Å². The van der Waals surface area contributed by atoms with Gasteiger partial charge in [-0.05, 0) is 49.2 Å². The molecule has 0 amide bonds. The minimum Gasteiger partial charge on any atom is -0.504 e. The summed E-state index contributed by atoms with van der Waals surface area (Å²) in [5.74, 6) is 0.838. The van der Waals surface area contributed by atoms with Crippen molar-refractivity contribution >= 4 is 5.82 Å². The third kappa shape index (κ3) is 4.76. The number of phenols is 1. The van der Waals surface area contributed by atoms with Crippen molar-refractivity contribution in [3.8, 4) is 22.8 Å². The van der Waals surface area contributed by atoms with Crippen LogP contribution in [0.2, 0.25) is 0 Å². The van der Waals surface area contributed by atoms with E-state index in [1.54, 1.807) is 42.7 Å². The molecule has 0 fully saturated rings. The first-order valence-corrected chi connectivity index (χ1v) is 9.41. The zero-order valence-corrected chi connectivity index (χ0v) is 16.0. The minimum absolute atomic E-state index is 0.0657. The summed E-state index contributed by atoms with van der Waals surface area (Å²) >= 11 is 0. The number of hydrogen-bond acceptors (Lipinski definition) is 5. The molecule has 1 unspecified atom stereocenters. The Labute approximate surface area is 164 Å². The van der Waals surface area contributed by atoms with Gasteiger partial charge in [-0.25, -0.2) is 9.37 Å². The number of anilines is 1. The second-order valence-electron chi connectivity index (χ2n) is 6.45. The highest BCUT2D eigenvalue weighted by molar-refractivity contribution is 5.64. The zero-order chi connectivity index (χ0) is 19.9. The summed E-state index contributed by atoms with van der Waals surface area (Å²) in [5.41, 5.74) is 2.31. The molecule has 0 bridgehead atoms. The molecule has 0 radical (unpaired) electrons. The Morgan fingerprint density at radius 3 is 2.75 bits per heavy atom. The van der Waals surface area contributed by atoms with Gasteiger partial charge in [0.15, 0.2) is 11.5 Å². The number of benzene rings is 2. The molecule has 2 aromatic carbocycles. The maximum atomic E-state index is 13.6. The topological polar surface area (TPSA) is 67.3 Å². The van der Waals surface area contributed by atoms with Crippen LogP contribution in [0.25, 0.3) is 11.3 Å². The number of ether oxygens (including phenoxy) is 1. The van der Waals surface area contributed by atoms with Gasteiger partial charge in [0, 0.05) is 5.56 Å². The Morgan fingerprint density at radius 2 is 2.00 bits per heavy atom. The molecule has 2 N–H and O–H groups in total. The van der Waals surface area contributed by atoms with Crippen LogP contribution in [0.5, 0.6) is 11.5 Å². The molecule has 0 aliphatic carbocycles. The summed E-state index contributed by atoms with van der Waals surface area (Å²) in [4.78, 5) is 8.92. The molecule has 0 aliphatic heterocycles. The lowest BCUT2D eigenvalue weighted by molar-refractivity contribution is 0.318. The number of hydrogen-bond donors (Lipinski definition) is 2. The van der Waals surface area contributed by atoms with Crippen molar-refractivity contribution in [2.75, 3.05) is 11.9 Å². The summed E-state index contributed by atoms with van der Waals surface area (Å²) in [6.45, 7) is 4.40. The van der Waals surface area contributed by atoms with Crippen LogP contribution in [0.15, 0.2) is 54.9 Å². The van der Waals surface area contributed by atoms with Gasteiger partial charge in [0.05, 0.1) is 30.7 Å². The van der Waals surface area contributed by atoms with Crippen molar-refractivity contribution < 1.29 is 14.2 Å². The van der Waals surface area contributed by atoms with Crippen LogP contribution in [0, 0.1) is 5.82 Å². The molecule has 0 spiro atoms. The lowest BCUT2D eigenvalue weighted by Crippen LogP contribution is -2.12. The smallest absolute Gasteiger partial charge is 0.161 e. The molecule has 0 saturated heterocycles. The van der Waals surface area contributed by atoms with E-state index >= 15 is 0 Å². The fourth-order valence-corrected chi connectivity index (χ4v) is 3.03. The van der Waals surface area contributed by atoms with E-state index in [4.69, 9.17) is 4.74 Å². The van der Waals surface area contributed by atoms with Gasteiger partial charge in [0.2, 0.25) is 0 Å². The van der Waals surface area contributed by atoms with Crippen LogP contribution in [0.3, 0.4) is 0 Å². The average Bonchev–Trinajstić information content (AvgIpc) is 2.70. The number of halogens is 1. The molecule has 5 nitrogen and oxygen atoms in total. The van der Waals surface area contributed by atoms with E-state index in [0.717, 1.165) is 24.0 Å². The molecule has 1 heterocycles. The van der Waals surface area contributed by atoms with Gasteiger partial charge in [0.25, 0.3) is 0 Å². The summed E-state index contributed by atoms with van der Waals surface area (Å²) in [7, 11) is 0. The van der Waals surface area contributed by atoms with E-state index in [9.17, 15) is 9.50 Å². The number of rotatable bonds is 8. The normalized spacial score (nSPS) is 11.8. The first-order chi connectivity index (χ1) is 13.6. The molecular weight excluding hydrogens is 357 g/mol. The van der Waals surface area contributed by atoms with Gasteiger partial charge in [0.1, 0.15) is 11.6 Å². The molecule has 1 aromatic heterocycles. The van der Waals surface area contributed by atoms with Crippen molar-refractivity contribution in [2.45, 2.75) is 32.7 Å². The first kappa shape index (κ1) is 19.6. The maximum absolute atomic E-state index is 13.6. The number of nitrogens with zero attached hydrogens (tertiary/aromatic N) is 2. The molecule has 28 heavy (non-hydrogen) atoms. The Hall–Kier alpha value is -3.15. The third-order valence-electron chi connectivity index (χ3n) is 4.34. The quantitative estimate of drug-likeness (QED) is 0.551. The van der Waals surface area contributed by atoms with Gasteiger partial charge >= 0.3 is 0 Å². The summed E-state index contributed by atoms with van der Waals surface area (Å²) in [5, 5.41) is 13.3. The van der Waals surface area contributed by atoms with E-state index in [2.05, 4.69) is 22.2 Å². The van der Waals surface area contributed by atoms with E-state index in [1.807, 2.05) is 13.0 Å². The fraction of sp³-hybridized carbons (Fsp3) is 0.273. The van der Waals surface area contributed by atoms with Crippen LogP contribution >= 0.6 is 0 Å². The largest absolute Gasteiger partial charge is 0.504 e. The van der Waals surface area contributed by atoms with Crippen LogP contribution in [-0.2, 0) is 0 Å². The van der Waals surface area contributed by atoms with E-state index in [1.165, 1.54) is 6.07 Å². The SMILES string of the molecule is CCCC(Nc1cncc(-c2ccc(O)c(OCC)c2)n1)c1cccc(F)c1. The molecule has 3 aromatic rings. The van der Waals surface area contributed by atoms with Crippen molar-refractivity contribution in [1.29, 1.82) is 0 Å². The predicted molar refractivity (Wildman–Crippen MR) is 108 cm³/mol. The van der Waals surface area contributed by atoms with Crippen molar-refractivity contribution in [2.24, 2.45) is 0 Å². The highest BCUT2D eigenvalue weighted by atomic mass is 19.1. The molecule has 1 atom stereocenters. The summed E-state index contributed by atoms with van der Waals surface area (Å²) < 4.78 is 19.1. The molecular formula is C22H24FN3O2. The summed E-state index contributed by atoms with van der Waals surface area (Å²) in [6.07, 6.45) is 5.08. The Bertz CT molecular complexity index is 933. The Kier molecular flexibility index (Phi) is 6.42. The lowest BCUT2D eigenvalue weighted by atomic mass is 10.0. The highest BCUT2D eigenvalue weighted by Gasteiger charge is 2.13. The highest BCUT2D eigenvalue weighted by Crippen LogP contribution is 2.31. The van der Waals surface area contributed by atoms with Gasteiger partial charge in [-0.2, -0.15) is 0 Å².